The number of nitrogens with zero attached hydrogens (tertiary/aromatic N) is 6. The fourth-order valence-corrected chi connectivity index (χ4v) is 3.47. The largest absolute Gasteiger partial charge is 0.368 e. The van der Waals surface area contributed by atoms with Gasteiger partial charge in [-0.05, 0) is 43.3 Å². The Morgan fingerprint density at radius 2 is 2.00 bits per heavy atom. The lowest BCUT2D eigenvalue weighted by Gasteiger charge is -2.19. The van der Waals surface area contributed by atoms with Crippen molar-refractivity contribution in [3.05, 3.63) is 40.4 Å². The van der Waals surface area contributed by atoms with E-state index >= 15 is 0 Å². The van der Waals surface area contributed by atoms with Crippen LogP contribution >= 0.6 is 11.8 Å². The van der Waals surface area contributed by atoms with E-state index in [1.54, 1.807) is 22.9 Å². The molecule has 0 saturated carbocycles. The van der Waals surface area contributed by atoms with Crippen molar-refractivity contribution < 1.29 is 4.79 Å². The Bertz CT molecular complexity index is 1020. The maximum atomic E-state index is 12.7. The number of tetrazole rings is 1. The van der Waals surface area contributed by atoms with E-state index in [1.807, 2.05) is 26.8 Å². The van der Waals surface area contributed by atoms with Crippen molar-refractivity contribution in [1.29, 1.82) is 0 Å². The first-order chi connectivity index (χ1) is 12.3. The topological polar surface area (TPSA) is 122 Å². The van der Waals surface area contributed by atoms with E-state index in [4.69, 9.17) is 5.73 Å². The average molecular weight is 373 g/mol. The molecule has 0 atom stereocenters. The number of hydrogen-bond donors (Lipinski definition) is 1. The molecule has 3 aromatic rings. The van der Waals surface area contributed by atoms with Crippen LogP contribution in [-0.4, -0.2) is 35.7 Å². The number of hydrogen-bond acceptors (Lipinski definition) is 7. The second kappa shape index (κ2) is 6.87. The highest BCUT2D eigenvalue weighted by Crippen LogP contribution is 2.24. The summed E-state index contributed by atoms with van der Waals surface area (Å²) in [6, 6.07) is 7.01. The van der Waals surface area contributed by atoms with Gasteiger partial charge in [-0.2, -0.15) is 0 Å². The summed E-state index contributed by atoms with van der Waals surface area (Å²) >= 11 is 1.34. The molecule has 2 aromatic heterocycles. The molecule has 1 aromatic carbocycles. The first-order valence-electron chi connectivity index (χ1n) is 7.96. The number of thioether (sulfide) groups is 1. The molecule has 0 unspecified atom stereocenters. The molecule has 3 rings (SSSR count). The van der Waals surface area contributed by atoms with E-state index in [9.17, 15) is 9.59 Å². The van der Waals surface area contributed by atoms with Crippen LogP contribution in [0.5, 0.6) is 0 Å². The van der Waals surface area contributed by atoms with Crippen molar-refractivity contribution in [1.82, 2.24) is 29.8 Å². The van der Waals surface area contributed by atoms with Crippen LogP contribution in [0.15, 0.2) is 34.2 Å². The number of primary amides is 1. The highest BCUT2D eigenvalue weighted by atomic mass is 32.2. The normalized spacial score (nSPS) is 11.8. The van der Waals surface area contributed by atoms with Gasteiger partial charge in [0.05, 0.1) is 22.2 Å². The summed E-state index contributed by atoms with van der Waals surface area (Å²) in [7, 11) is 0. The third-order valence-electron chi connectivity index (χ3n) is 3.66. The molecule has 0 aliphatic heterocycles. The monoisotopic (exact) mass is 373 g/mol. The van der Waals surface area contributed by atoms with Crippen LogP contribution in [-0.2, 0) is 22.6 Å². The Kier molecular flexibility index (Phi) is 4.77. The fourth-order valence-electron chi connectivity index (χ4n) is 2.46. The summed E-state index contributed by atoms with van der Waals surface area (Å²) in [6.45, 7) is 5.75. The third-order valence-corrected chi connectivity index (χ3v) is 4.58. The maximum Gasteiger partial charge on any atom is 0.261 e. The smallest absolute Gasteiger partial charge is 0.261 e. The Morgan fingerprint density at radius 1 is 1.27 bits per heavy atom. The highest BCUT2D eigenvalue weighted by molar-refractivity contribution is 7.98. The summed E-state index contributed by atoms with van der Waals surface area (Å²) in [5, 5.41) is 12.8. The predicted octanol–water partition coefficient (Wildman–Crippen LogP) is 0.916. The molecule has 2 N–H and O–H groups in total. The number of fused-ring (bicyclic) bond motifs is 1. The Morgan fingerprint density at radius 3 is 2.69 bits per heavy atom. The van der Waals surface area contributed by atoms with E-state index in [2.05, 4.69) is 20.5 Å². The second-order valence-corrected chi connectivity index (χ2v) is 7.68. The molecule has 9 nitrogen and oxygen atoms in total. The number of carbonyl (C=O) groups excluding carboxylic acids is 1. The van der Waals surface area contributed by atoms with Crippen LogP contribution < -0.4 is 11.3 Å². The van der Waals surface area contributed by atoms with Gasteiger partial charge in [-0.1, -0.05) is 23.9 Å². The molecule has 0 radical (unpaired) electrons. The van der Waals surface area contributed by atoms with Gasteiger partial charge in [0.15, 0.2) is 0 Å². The number of aromatic nitrogens is 6. The van der Waals surface area contributed by atoms with Crippen LogP contribution in [0.4, 0.5) is 0 Å². The number of benzene rings is 1. The molecule has 136 valence electrons. The van der Waals surface area contributed by atoms with E-state index in [0.29, 0.717) is 27.6 Å². The van der Waals surface area contributed by atoms with Crippen molar-refractivity contribution in [2.45, 2.75) is 43.8 Å². The maximum absolute atomic E-state index is 12.7. The third kappa shape index (κ3) is 3.59. The van der Waals surface area contributed by atoms with Crippen molar-refractivity contribution in [2.75, 3.05) is 0 Å². The van der Waals surface area contributed by atoms with E-state index in [1.165, 1.54) is 16.3 Å². The van der Waals surface area contributed by atoms with Crippen LogP contribution in [0.2, 0.25) is 0 Å². The standard InChI is InChI=1S/C16H19N7O2S/c1-16(2,3)23-15(19-20-21-23)26-9-13-18-11-7-5-4-6-10(11)14(25)22(13)8-12(17)24/h4-7H,8-9H2,1-3H3,(H2,17,24). The van der Waals surface area contributed by atoms with Gasteiger partial charge in [-0.25, -0.2) is 9.67 Å². The fraction of sp³-hybridized carbons (Fsp3) is 0.375. The zero-order valence-electron chi connectivity index (χ0n) is 14.7. The summed E-state index contributed by atoms with van der Waals surface area (Å²) in [5.41, 5.74) is 5.31. The minimum absolute atomic E-state index is 0.225. The SMILES string of the molecule is CC(C)(C)n1nnnc1SCc1nc2ccccc2c(=O)n1CC(N)=O. The van der Waals surface area contributed by atoms with E-state index < -0.39 is 5.91 Å². The summed E-state index contributed by atoms with van der Waals surface area (Å²) in [4.78, 5) is 28.7. The van der Waals surface area contributed by atoms with Gasteiger partial charge in [0.25, 0.3) is 5.56 Å². The van der Waals surface area contributed by atoms with Crippen LogP contribution in [0.1, 0.15) is 26.6 Å². The van der Waals surface area contributed by atoms with Gasteiger partial charge in [0, 0.05) is 0 Å². The molecule has 0 saturated heterocycles. The first-order valence-corrected chi connectivity index (χ1v) is 8.94. The molecule has 10 heteroatoms. The number of amides is 1. The zero-order chi connectivity index (χ0) is 18.9. The van der Waals surface area contributed by atoms with Gasteiger partial charge >= 0.3 is 0 Å². The van der Waals surface area contributed by atoms with Crippen molar-refractivity contribution >= 4 is 28.6 Å². The molecule has 0 fully saturated rings. The minimum atomic E-state index is -0.602. The van der Waals surface area contributed by atoms with Crippen molar-refractivity contribution in [3.8, 4) is 0 Å². The first kappa shape index (κ1) is 18.1. The lowest BCUT2D eigenvalue weighted by molar-refractivity contribution is -0.118. The average Bonchev–Trinajstić information content (AvgIpc) is 3.04. The van der Waals surface area contributed by atoms with Crippen LogP contribution in [0, 0.1) is 0 Å². The summed E-state index contributed by atoms with van der Waals surface area (Å²) in [6.07, 6.45) is 0. The zero-order valence-corrected chi connectivity index (χ0v) is 15.5. The van der Waals surface area contributed by atoms with Gasteiger partial charge in [0.1, 0.15) is 12.4 Å². The van der Waals surface area contributed by atoms with Crippen molar-refractivity contribution in [3.63, 3.8) is 0 Å². The van der Waals surface area contributed by atoms with E-state index in [-0.39, 0.29) is 17.6 Å². The van der Waals surface area contributed by atoms with Gasteiger partial charge in [0.2, 0.25) is 11.1 Å². The van der Waals surface area contributed by atoms with E-state index in [0.717, 1.165) is 0 Å². The Hall–Kier alpha value is -2.75. The Balaban J connectivity index is 2.00. The molecule has 26 heavy (non-hydrogen) atoms. The molecular formula is C16H19N7O2S. The van der Waals surface area contributed by atoms with Gasteiger partial charge < -0.3 is 5.73 Å². The molecule has 0 bridgehead atoms. The number of carbonyl (C=O) groups is 1. The number of nitrogens with two attached hydrogens (primary N) is 1. The summed E-state index contributed by atoms with van der Waals surface area (Å²) < 4.78 is 3.01. The second-order valence-electron chi connectivity index (χ2n) is 6.74. The van der Waals surface area contributed by atoms with Gasteiger partial charge in [-0.15, -0.1) is 5.10 Å². The van der Waals surface area contributed by atoms with Crippen molar-refractivity contribution in [2.24, 2.45) is 5.73 Å². The molecule has 2 heterocycles. The van der Waals surface area contributed by atoms with Crippen LogP contribution in [0.3, 0.4) is 0 Å². The minimum Gasteiger partial charge on any atom is -0.368 e. The Labute approximate surface area is 153 Å². The molecule has 1 amide bonds. The number of rotatable bonds is 5. The quantitative estimate of drug-likeness (QED) is 0.660. The van der Waals surface area contributed by atoms with Crippen LogP contribution in [0.25, 0.3) is 10.9 Å². The molecular weight excluding hydrogens is 354 g/mol. The lowest BCUT2D eigenvalue weighted by Crippen LogP contribution is -2.31. The molecule has 0 aliphatic rings. The lowest BCUT2D eigenvalue weighted by atomic mass is 10.1. The van der Waals surface area contributed by atoms with Gasteiger partial charge in [-0.3, -0.25) is 14.2 Å². The molecule has 0 aliphatic carbocycles. The number of para-hydroxylation sites is 1. The summed E-state index contributed by atoms with van der Waals surface area (Å²) in [5.74, 6) is 0.167. The molecule has 0 spiro atoms. The highest BCUT2D eigenvalue weighted by Gasteiger charge is 2.21. The predicted molar refractivity (Wildman–Crippen MR) is 97.6 cm³/mol.